The minimum atomic E-state index is -0.443. The number of ketones is 1. The van der Waals surface area contributed by atoms with Crippen LogP contribution >= 0.6 is 0 Å². The average molecular weight is 278 g/mol. The largest absolute Gasteiger partial charge is 0.491 e. The lowest BCUT2D eigenvalue weighted by Gasteiger charge is -2.29. The van der Waals surface area contributed by atoms with Gasteiger partial charge in [-0.25, -0.2) is 0 Å². The zero-order chi connectivity index (χ0) is 15.3. The second kappa shape index (κ2) is 6.89. The molecule has 1 atom stereocenters. The van der Waals surface area contributed by atoms with Gasteiger partial charge >= 0.3 is 0 Å². The van der Waals surface area contributed by atoms with Crippen LogP contribution in [-0.4, -0.2) is 24.6 Å². The van der Waals surface area contributed by atoms with E-state index < -0.39 is 6.10 Å². The predicted octanol–water partition coefficient (Wildman–Crippen LogP) is 4.11. The summed E-state index contributed by atoms with van der Waals surface area (Å²) in [5.41, 5.74) is 0.402. The first kappa shape index (κ1) is 16.7. The Morgan fingerprint density at radius 3 is 2.40 bits per heavy atom. The Labute approximate surface area is 122 Å². The van der Waals surface area contributed by atoms with Gasteiger partial charge in [0.2, 0.25) is 0 Å². The molecule has 3 heteroatoms. The highest BCUT2D eigenvalue weighted by molar-refractivity contribution is 6.00. The minimum Gasteiger partial charge on any atom is -0.491 e. The van der Waals surface area contributed by atoms with Gasteiger partial charge in [0.25, 0.3) is 0 Å². The van der Waals surface area contributed by atoms with Crippen molar-refractivity contribution in [2.24, 2.45) is 5.41 Å². The zero-order valence-corrected chi connectivity index (χ0v) is 13.4. The molecule has 0 amide bonds. The van der Waals surface area contributed by atoms with E-state index in [2.05, 4.69) is 0 Å². The molecule has 3 nitrogen and oxygen atoms in total. The van der Waals surface area contributed by atoms with Crippen LogP contribution in [0.15, 0.2) is 24.3 Å². The second-order valence-electron chi connectivity index (χ2n) is 6.26. The molecule has 0 aromatic heterocycles. The van der Waals surface area contributed by atoms with Crippen molar-refractivity contribution in [3.8, 4) is 5.75 Å². The first-order chi connectivity index (χ1) is 9.25. The summed E-state index contributed by atoms with van der Waals surface area (Å²) in [6.07, 6.45) is -0.354. The van der Waals surface area contributed by atoms with E-state index in [9.17, 15) is 4.79 Å². The number of carbonyl (C=O) groups is 1. The van der Waals surface area contributed by atoms with Crippen molar-refractivity contribution in [1.29, 1.82) is 0 Å². The third-order valence-electron chi connectivity index (χ3n) is 2.85. The van der Waals surface area contributed by atoms with E-state index in [0.717, 1.165) is 5.75 Å². The predicted molar refractivity (Wildman–Crippen MR) is 81.4 cm³/mol. The fourth-order valence-corrected chi connectivity index (χ4v) is 2.03. The normalized spacial score (nSPS) is 13.3. The van der Waals surface area contributed by atoms with Gasteiger partial charge in [-0.15, -0.1) is 0 Å². The van der Waals surface area contributed by atoms with Gasteiger partial charge in [-0.2, -0.15) is 0 Å². The molecule has 0 aliphatic carbocycles. The molecule has 0 heterocycles. The van der Waals surface area contributed by atoms with Gasteiger partial charge in [-0.1, -0.05) is 32.9 Å². The number of carbonyl (C=O) groups excluding carboxylic acids is 1. The SMILES string of the molecule is CCOC(C(=O)c1cccc(OC(C)C)c1)C(C)(C)C. The maximum Gasteiger partial charge on any atom is 0.192 e. The zero-order valence-electron chi connectivity index (χ0n) is 13.4. The molecular weight excluding hydrogens is 252 g/mol. The fraction of sp³-hybridized carbons (Fsp3) is 0.588. The van der Waals surface area contributed by atoms with E-state index in [-0.39, 0.29) is 17.3 Å². The van der Waals surface area contributed by atoms with E-state index in [1.165, 1.54) is 0 Å². The lowest BCUT2D eigenvalue weighted by Crippen LogP contribution is -2.37. The van der Waals surface area contributed by atoms with Gasteiger partial charge in [-0.3, -0.25) is 4.79 Å². The van der Waals surface area contributed by atoms with Gasteiger partial charge in [-0.05, 0) is 38.3 Å². The highest BCUT2D eigenvalue weighted by Gasteiger charge is 2.32. The molecule has 0 saturated heterocycles. The van der Waals surface area contributed by atoms with Crippen LogP contribution in [-0.2, 0) is 4.74 Å². The van der Waals surface area contributed by atoms with E-state index in [4.69, 9.17) is 9.47 Å². The molecule has 0 N–H and O–H groups in total. The molecule has 0 fully saturated rings. The van der Waals surface area contributed by atoms with Crippen LogP contribution in [0.4, 0.5) is 0 Å². The summed E-state index contributed by atoms with van der Waals surface area (Å²) < 4.78 is 11.3. The summed E-state index contributed by atoms with van der Waals surface area (Å²) in [6, 6.07) is 7.31. The monoisotopic (exact) mass is 278 g/mol. The standard InChI is InChI=1S/C17H26O3/c1-7-19-16(17(4,5)6)15(18)13-9-8-10-14(11-13)20-12(2)3/h8-12,16H,7H2,1-6H3. The highest BCUT2D eigenvalue weighted by Crippen LogP contribution is 2.27. The molecule has 1 unspecified atom stereocenters. The Hall–Kier alpha value is -1.35. The van der Waals surface area contributed by atoms with Crippen LogP contribution in [0.1, 0.15) is 51.9 Å². The number of rotatable bonds is 6. The van der Waals surface area contributed by atoms with Gasteiger partial charge in [0, 0.05) is 12.2 Å². The molecule has 112 valence electrons. The van der Waals surface area contributed by atoms with Gasteiger partial charge < -0.3 is 9.47 Å². The number of Topliss-reactive ketones (excluding diaryl/α,β-unsaturated/α-hetero) is 1. The van der Waals surface area contributed by atoms with Gasteiger partial charge in [0.1, 0.15) is 11.9 Å². The molecule has 0 spiro atoms. The van der Waals surface area contributed by atoms with Crippen LogP contribution in [0.25, 0.3) is 0 Å². The molecular formula is C17H26O3. The molecule has 1 rings (SSSR count). The Balaban J connectivity index is 3.00. The van der Waals surface area contributed by atoms with E-state index >= 15 is 0 Å². The third kappa shape index (κ3) is 4.64. The van der Waals surface area contributed by atoms with Crippen LogP contribution < -0.4 is 4.74 Å². The van der Waals surface area contributed by atoms with Gasteiger partial charge in [0.05, 0.1) is 6.10 Å². The molecule has 0 aliphatic rings. The van der Waals surface area contributed by atoms with Crippen molar-refractivity contribution >= 4 is 5.78 Å². The summed E-state index contributed by atoms with van der Waals surface area (Å²) in [5, 5.41) is 0. The van der Waals surface area contributed by atoms with E-state index in [1.54, 1.807) is 6.07 Å². The Bertz CT molecular complexity index is 444. The minimum absolute atomic E-state index is 0.00792. The Morgan fingerprint density at radius 1 is 1.25 bits per heavy atom. The quantitative estimate of drug-likeness (QED) is 0.735. The fourth-order valence-electron chi connectivity index (χ4n) is 2.03. The van der Waals surface area contributed by atoms with Crippen molar-refractivity contribution < 1.29 is 14.3 Å². The lowest BCUT2D eigenvalue weighted by molar-refractivity contribution is -0.000245. The molecule has 20 heavy (non-hydrogen) atoms. The number of hydrogen-bond donors (Lipinski definition) is 0. The van der Waals surface area contributed by atoms with E-state index in [1.807, 2.05) is 59.7 Å². The smallest absolute Gasteiger partial charge is 0.192 e. The van der Waals surface area contributed by atoms with Crippen LogP contribution in [0.3, 0.4) is 0 Å². The molecule has 0 aliphatic heterocycles. The van der Waals surface area contributed by atoms with E-state index in [0.29, 0.717) is 12.2 Å². The van der Waals surface area contributed by atoms with Gasteiger partial charge in [0.15, 0.2) is 5.78 Å². The van der Waals surface area contributed by atoms with Crippen LogP contribution in [0.5, 0.6) is 5.75 Å². The van der Waals surface area contributed by atoms with Crippen molar-refractivity contribution in [3.05, 3.63) is 29.8 Å². The Kier molecular flexibility index (Phi) is 5.75. The maximum atomic E-state index is 12.6. The average Bonchev–Trinajstić information content (AvgIpc) is 2.33. The van der Waals surface area contributed by atoms with Crippen LogP contribution in [0.2, 0.25) is 0 Å². The number of ether oxygens (including phenoxy) is 2. The summed E-state index contributed by atoms with van der Waals surface area (Å²) in [7, 11) is 0. The maximum absolute atomic E-state index is 12.6. The summed E-state index contributed by atoms with van der Waals surface area (Å²) in [5.74, 6) is 0.726. The van der Waals surface area contributed by atoms with Crippen molar-refractivity contribution in [2.45, 2.75) is 53.8 Å². The highest BCUT2D eigenvalue weighted by atomic mass is 16.5. The van der Waals surface area contributed by atoms with Crippen molar-refractivity contribution in [3.63, 3.8) is 0 Å². The Morgan fingerprint density at radius 2 is 1.90 bits per heavy atom. The molecule has 1 aromatic carbocycles. The molecule has 0 bridgehead atoms. The number of benzene rings is 1. The van der Waals surface area contributed by atoms with Crippen LogP contribution in [0, 0.1) is 5.41 Å². The summed E-state index contributed by atoms with van der Waals surface area (Å²) in [4.78, 5) is 12.6. The summed E-state index contributed by atoms with van der Waals surface area (Å²) in [6.45, 7) is 12.4. The first-order valence-corrected chi connectivity index (χ1v) is 7.18. The van der Waals surface area contributed by atoms with Crippen molar-refractivity contribution in [2.75, 3.05) is 6.61 Å². The number of hydrogen-bond acceptors (Lipinski definition) is 3. The first-order valence-electron chi connectivity index (χ1n) is 7.18. The molecule has 0 saturated carbocycles. The second-order valence-corrected chi connectivity index (χ2v) is 6.26. The summed E-state index contributed by atoms with van der Waals surface area (Å²) >= 11 is 0. The topological polar surface area (TPSA) is 35.5 Å². The third-order valence-corrected chi connectivity index (χ3v) is 2.85. The lowest BCUT2D eigenvalue weighted by atomic mass is 9.84. The molecule has 0 radical (unpaired) electrons. The van der Waals surface area contributed by atoms with Crippen molar-refractivity contribution in [1.82, 2.24) is 0 Å². The molecule has 1 aromatic rings.